The molecule has 2 aliphatic rings. The van der Waals surface area contributed by atoms with Gasteiger partial charge in [-0.2, -0.15) is 0 Å². The highest BCUT2D eigenvalue weighted by molar-refractivity contribution is 8.22. The molecule has 0 bridgehead atoms. The molecule has 1 saturated heterocycles. The van der Waals surface area contributed by atoms with Gasteiger partial charge in [0.15, 0.2) is 10.9 Å². The highest BCUT2D eigenvalue weighted by atomic mass is 35.5. The zero-order valence-corrected chi connectivity index (χ0v) is 25.6. The number of rotatable bonds is 7. The van der Waals surface area contributed by atoms with Gasteiger partial charge in [0.25, 0.3) is 5.91 Å². The Kier molecular flexibility index (Phi) is 9.60. The zero-order chi connectivity index (χ0) is 29.6. The van der Waals surface area contributed by atoms with Gasteiger partial charge in [0.05, 0.1) is 21.3 Å². The van der Waals surface area contributed by atoms with Gasteiger partial charge < -0.3 is 15.2 Å². The first kappa shape index (κ1) is 29.8. The lowest BCUT2D eigenvalue weighted by Crippen LogP contribution is -2.54. The van der Waals surface area contributed by atoms with Crippen molar-refractivity contribution in [1.29, 1.82) is 0 Å². The van der Waals surface area contributed by atoms with Crippen LogP contribution in [0.3, 0.4) is 0 Å². The van der Waals surface area contributed by atoms with Crippen LogP contribution in [0.5, 0.6) is 11.5 Å². The Morgan fingerprint density at radius 2 is 1.86 bits per heavy atom. The zero-order valence-electron chi connectivity index (χ0n) is 22.4. The topological polar surface area (TPSA) is 78.9 Å². The largest absolute Gasteiger partial charge is 0.462 e. The number of anilines is 1. The van der Waals surface area contributed by atoms with Gasteiger partial charge in [-0.1, -0.05) is 59.6 Å². The Morgan fingerprint density at radius 3 is 2.57 bits per heavy atom. The van der Waals surface area contributed by atoms with Gasteiger partial charge in [-0.15, -0.1) is 23.5 Å². The summed E-state index contributed by atoms with van der Waals surface area (Å²) in [6.45, 7) is 2.01. The van der Waals surface area contributed by atoms with Gasteiger partial charge in [0.1, 0.15) is 23.1 Å². The SMILES string of the molecule is Cc1cccc(C2CC(=O)C(/C=C3/C(=O)N(c4ccc(Oc5ccccc5)cc4)C(=S)NC3Cl)=C(SCC#CO)S2)c1. The Hall–Kier alpha value is -3.68. The molecule has 212 valence electrons. The lowest BCUT2D eigenvalue weighted by Gasteiger charge is -2.33. The number of benzene rings is 3. The summed E-state index contributed by atoms with van der Waals surface area (Å²) in [7, 11) is 0. The number of allylic oxidation sites excluding steroid dienone is 2. The predicted molar refractivity (Wildman–Crippen MR) is 174 cm³/mol. The number of carbonyl (C=O) groups is 2. The van der Waals surface area contributed by atoms with Crippen LogP contribution >= 0.6 is 47.3 Å². The molecule has 1 amide bonds. The summed E-state index contributed by atoms with van der Waals surface area (Å²) < 4.78 is 6.58. The van der Waals surface area contributed by atoms with Crippen molar-refractivity contribution in [2.24, 2.45) is 0 Å². The summed E-state index contributed by atoms with van der Waals surface area (Å²) in [6.07, 6.45) is 3.73. The number of amides is 1. The van der Waals surface area contributed by atoms with Crippen LogP contribution in [0.1, 0.15) is 22.8 Å². The predicted octanol–water partition coefficient (Wildman–Crippen LogP) is 7.23. The molecule has 3 aromatic rings. The Balaban J connectivity index is 1.45. The van der Waals surface area contributed by atoms with Crippen molar-refractivity contribution in [3.8, 4) is 23.5 Å². The highest BCUT2D eigenvalue weighted by Gasteiger charge is 2.36. The van der Waals surface area contributed by atoms with E-state index in [0.717, 1.165) is 11.1 Å². The summed E-state index contributed by atoms with van der Waals surface area (Å²) in [5.41, 5.74) is 2.34. The van der Waals surface area contributed by atoms with Crippen molar-refractivity contribution in [1.82, 2.24) is 5.32 Å². The number of nitrogens with one attached hydrogen (secondary N) is 1. The molecular formula is C32H25ClN2O4S3. The number of thioether (sulfide) groups is 2. The number of nitrogens with zero attached hydrogens (tertiary/aromatic N) is 1. The molecule has 6 nitrogen and oxygen atoms in total. The van der Waals surface area contributed by atoms with Gasteiger partial charge in [0, 0.05) is 17.2 Å². The molecular weight excluding hydrogens is 608 g/mol. The number of carbonyl (C=O) groups excluding carboxylic acids is 2. The van der Waals surface area contributed by atoms with Crippen LogP contribution in [-0.4, -0.2) is 33.2 Å². The molecule has 42 heavy (non-hydrogen) atoms. The van der Waals surface area contributed by atoms with E-state index < -0.39 is 11.4 Å². The van der Waals surface area contributed by atoms with Gasteiger partial charge in [-0.25, -0.2) is 0 Å². The van der Waals surface area contributed by atoms with E-state index in [4.69, 9.17) is 33.7 Å². The van der Waals surface area contributed by atoms with E-state index >= 15 is 0 Å². The fraction of sp³-hybridized carbons (Fsp3) is 0.156. The smallest absolute Gasteiger partial charge is 0.263 e. The van der Waals surface area contributed by atoms with Crippen LogP contribution in [-0.2, 0) is 9.59 Å². The average Bonchev–Trinajstić information content (AvgIpc) is 2.97. The Labute approximate surface area is 263 Å². The van der Waals surface area contributed by atoms with E-state index in [-0.39, 0.29) is 33.9 Å². The number of Topliss-reactive ketones (excluding diaryl/α,β-unsaturated/α-hetero) is 1. The number of aryl methyl sites for hydroxylation is 1. The second kappa shape index (κ2) is 13.5. The van der Waals surface area contributed by atoms with Gasteiger partial charge in [-0.05, 0) is 73.1 Å². The highest BCUT2D eigenvalue weighted by Crippen LogP contribution is 2.49. The van der Waals surface area contributed by atoms with E-state index in [2.05, 4.69) is 17.3 Å². The summed E-state index contributed by atoms with van der Waals surface area (Å²) in [5.74, 6) is 3.66. The molecule has 10 heteroatoms. The van der Waals surface area contributed by atoms with Gasteiger partial charge >= 0.3 is 0 Å². The summed E-state index contributed by atoms with van der Waals surface area (Å²) in [6, 6.07) is 24.4. The number of alkyl halides is 1. The standard InChI is InChI=1S/C32H25ClN2O4S3/c1-20-7-5-8-21(17-20)28-19-27(37)25(31(42-28)41-16-6-15-36)18-26-29(33)34-32(40)35(30(26)38)22-11-13-24(14-12-22)39-23-9-3-2-4-10-23/h2-5,7-14,17-18,28-29,36H,16,19H2,1H3,(H,34,40)/b26-18+. The number of hydrogen-bond donors (Lipinski definition) is 2. The molecule has 0 spiro atoms. The third kappa shape index (κ3) is 6.85. The van der Waals surface area contributed by atoms with Crippen molar-refractivity contribution >= 4 is 69.8 Å². The number of aliphatic hydroxyl groups excluding tert-OH is 1. The molecule has 2 heterocycles. The molecule has 3 aromatic carbocycles. The number of para-hydroxylation sites is 1. The van der Waals surface area contributed by atoms with Crippen LogP contribution in [0, 0.1) is 19.0 Å². The lowest BCUT2D eigenvalue weighted by molar-refractivity contribution is -0.115. The number of hydrogen-bond acceptors (Lipinski definition) is 7. The molecule has 2 atom stereocenters. The average molecular weight is 633 g/mol. The molecule has 0 saturated carbocycles. The summed E-state index contributed by atoms with van der Waals surface area (Å²) in [4.78, 5) is 28.7. The fourth-order valence-electron chi connectivity index (χ4n) is 4.46. The number of halogens is 1. The minimum absolute atomic E-state index is 0.0863. The van der Waals surface area contributed by atoms with Crippen molar-refractivity contribution in [2.45, 2.75) is 24.1 Å². The fourth-order valence-corrected chi connectivity index (χ4v) is 7.56. The second-order valence-corrected chi connectivity index (χ2v) is 12.7. The normalized spacial score (nSPS) is 19.8. The van der Waals surface area contributed by atoms with Crippen LogP contribution in [0.15, 0.2) is 100 Å². The maximum absolute atomic E-state index is 13.8. The first-order valence-electron chi connectivity index (χ1n) is 12.9. The molecule has 1 fully saturated rings. The summed E-state index contributed by atoms with van der Waals surface area (Å²) >= 11 is 15.0. The lowest BCUT2D eigenvalue weighted by atomic mass is 9.99. The van der Waals surface area contributed by atoms with Crippen molar-refractivity contribution in [2.75, 3.05) is 10.7 Å². The number of ketones is 1. The number of thiocarbonyl (C=S) groups is 1. The molecule has 2 N–H and O–H groups in total. The van der Waals surface area contributed by atoms with Crippen LogP contribution in [0.2, 0.25) is 0 Å². The molecule has 2 aliphatic heterocycles. The Bertz CT molecular complexity index is 1650. The van der Waals surface area contributed by atoms with Crippen molar-refractivity contribution < 1.29 is 19.4 Å². The number of ether oxygens (including phenoxy) is 1. The Morgan fingerprint density at radius 1 is 1.12 bits per heavy atom. The second-order valence-electron chi connectivity index (χ2n) is 9.39. The van der Waals surface area contributed by atoms with Gasteiger partial charge in [-0.3, -0.25) is 14.5 Å². The van der Waals surface area contributed by atoms with E-state index in [1.807, 2.05) is 61.6 Å². The first-order chi connectivity index (χ1) is 20.3. The monoisotopic (exact) mass is 632 g/mol. The minimum atomic E-state index is -0.926. The van der Waals surface area contributed by atoms with Crippen LogP contribution in [0.25, 0.3) is 0 Å². The quantitative estimate of drug-likeness (QED) is 0.0929. The molecule has 2 unspecified atom stereocenters. The van der Waals surface area contributed by atoms with Crippen molar-refractivity contribution in [3.63, 3.8) is 0 Å². The maximum Gasteiger partial charge on any atom is 0.263 e. The van der Waals surface area contributed by atoms with E-state index in [9.17, 15) is 9.59 Å². The molecule has 0 radical (unpaired) electrons. The molecule has 0 aliphatic carbocycles. The van der Waals surface area contributed by atoms with E-state index in [1.54, 1.807) is 42.1 Å². The third-order valence-electron chi connectivity index (χ3n) is 6.46. The minimum Gasteiger partial charge on any atom is -0.462 e. The third-order valence-corrected chi connectivity index (χ3v) is 9.67. The van der Waals surface area contributed by atoms with Crippen LogP contribution in [0.4, 0.5) is 5.69 Å². The molecule has 5 rings (SSSR count). The van der Waals surface area contributed by atoms with E-state index in [1.165, 1.54) is 16.7 Å². The maximum atomic E-state index is 13.8. The van der Waals surface area contributed by atoms with Crippen LogP contribution < -0.4 is 15.0 Å². The molecule has 0 aromatic heterocycles. The van der Waals surface area contributed by atoms with E-state index in [0.29, 0.717) is 27.0 Å². The van der Waals surface area contributed by atoms with Crippen molar-refractivity contribution in [3.05, 3.63) is 111 Å². The summed E-state index contributed by atoms with van der Waals surface area (Å²) in [5, 5.41) is 12.0. The number of aliphatic hydroxyl groups is 1. The van der Waals surface area contributed by atoms with Gasteiger partial charge in [0.2, 0.25) is 0 Å². The first-order valence-corrected chi connectivity index (χ1v) is 15.6.